The second kappa shape index (κ2) is 6.87. The summed E-state index contributed by atoms with van der Waals surface area (Å²) in [5.74, 6) is 0.00981. The summed E-state index contributed by atoms with van der Waals surface area (Å²) in [5, 5.41) is 10.8. The number of nitrogens with zero attached hydrogens (tertiary/aromatic N) is 3. The maximum atomic E-state index is 13.0. The predicted octanol–water partition coefficient (Wildman–Crippen LogP) is 2.61. The maximum absolute atomic E-state index is 13.0. The third kappa shape index (κ3) is 3.73. The molecule has 0 spiro atoms. The van der Waals surface area contributed by atoms with Crippen molar-refractivity contribution >= 4 is 11.7 Å². The number of halogens is 1. The predicted molar refractivity (Wildman–Crippen MR) is 82.9 cm³/mol. The van der Waals surface area contributed by atoms with E-state index in [4.69, 9.17) is 4.74 Å². The van der Waals surface area contributed by atoms with Gasteiger partial charge in [-0.2, -0.15) is 0 Å². The molecule has 6 nitrogen and oxygen atoms in total. The molecule has 7 heteroatoms. The highest BCUT2D eigenvalue weighted by Crippen LogP contribution is 2.19. The van der Waals surface area contributed by atoms with Crippen LogP contribution in [0, 0.1) is 12.7 Å². The summed E-state index contributed by atoms with van der Waals surface area (Å²) in [4.78, 5) is 12.0. The molecule has 1 fully saturated rings. The van der Waals surface area contributed by atoms with Gasteiger partial charge in [-0.15, -0.1) is 5.10 Å². The van der Waals surface area contributed by atoms with Crippen LogP contribution in [0.15, 0.2) is 24.3 Å². The molecule has 1 unspecified atom stereocenters. The van der Waals surface area contributed by atoms with Crippen molar-refractivity contribution in [2.24, 2.45) is 0 Å². The minimum Gasteiger partial charge on any atom is -0.378 e. The molecule has 0 aliphatic carbocycles. The van der Waals surface area contributed by atoms with Crippen molar-refractivity contribution in [2.45, 2.75) is 38.7 Å². The molecule has 1 aliphatic heterocycles. The van der Waals surface area contributed by atoms with Gasteiger partial charge in [-0.3, -0.25) is 4.79 Å². The molecule has 1 aromatic carbocycles. The van der Waals surface area contributed by atoms with Crippen LogP contribution in [-0.4, -0.2) is 33.6 Å². The Labute approximate surface area is 133 Å². The van der Waals surface area contributed by atoms with Crippen molar-refractivity contribution < 1.29 is 13.9 Å². The Hall–Kier alpha value is -2.28. The largest absolute Gasteiger partial charge is 0.378 e. The van der Waals surface area contributed by atoms with E-state index >= 15 is 0 Å². The highest BCUT2D eigenvalue weighted by Gasteiger charge is 2.18. The molecule has 1 atom stereocenters. The fraction of sp³-hybridized carbons (Fsp3) is 0.438. The van der Waals surface area contributed by atoms with Gasteiger partial charge >= 0.3 is 0 Å². The lowest BCUT2D eigenvalue weighted by Gasteiger charge is -2.08. The van der Waals surface area contributed by atoms with Gasteiger partial charge in [0.1, 0.15) is 5.82 Å². The van der Waals surface area contributed by atoms with Crippen LogP contribution in [-0.2, 0) is 9.53 Å². The van der Waals surface area contributed by atoms with E-state index in [-0.39, 0.29) is 17.8 Å². The first-order valence-corrected chi connectivity index (χ1v) is 7.73. The maximum Gasteiger partial charge on any atom is 0.225 e. The zero-order valence-corrected chi connectivity index (χ0v) is 13.0. The molecule has 0 bridgehead atoms. The Balaban J connectivity index is 1.62. The van der Waals surface area contributed by atoms with Crippen molar-refractivity contribution in [2.75, 3.05) is 11.9 Å². The standard InChI is InChI=1S/C16H19FN4O2/c1-11-16(18-15(22)9-8-14-3-2-10-23-14)19-20-21(11)13-6-4-12(17)5-7-13/h4-7,14H,2-3,8-10H2,1H3,(H,18,22). The summed E-state index contributed by atoms with van der Waals surface area (Å²) in [6.45, 7) is 2.59. The summed E-state index contributed by atoms with van der Waals surface area (Å²) >= 11 is 0. The second-order valence-corrected chi connectivity index (χ2v) is 5.63. The van der Waals surface area contributed by atoms with Crippen molar-refractivity contribution in [3.8, 4) is 5.69 Å². The van der Waals surface area contributed by atoms with Crippen LogP contribution in [0.2, 0.25) is 0 Å². The normalized spacial score (nSPS) is 17.4. The Kier molecular flexibility index (Phi) is 4.66. The Morgan fingerprint density at radius 1 is 1.43 bits per heavy atom. The van der Waals surface area contributed by atoms with E-state index in [1.165, 1.54) is 12.1 Å². The van der Waals surface area contributed by atoms with Crippen LogP contribution in [0.4, 0.5) is 10.2 Å². The number of aromatic nitrogens is 3. The fourth-order valence-electron chi connectivity index (χ4n) is 2.63. The van der Waals surface area contributed by atoms with E-state index in [9.17, 15) is 9.18 Å². The number of nitrogens with one attached hydrogen (secondary N) is 1. The quantitative estimate of drug-likeness (QED) is 0.920. The number of hydrogen-bond donors (Lipinski definition) is 1. The van der Waals surface area contributed by atoms with Gasteiger partial charge in [0.15, 0.2) is 5.82 Å². The minimum absolute atomic E-state index is 0.102. The van der Waals surface area contributed by atoms with Crippen molar-refractivity contribution in [1.82, 2.24) is 15.0 Å². The summed E-state index contributed by atoms with van der Waals surface area (Å²) in [6.07, 6.45) is 3.39. The molecule has 0 saturated carbocycles. The van der Waals surface area contributed by atoms with Crippen molar-refractivity contribution in [1.29, 1.82) is 0 Å². The third-order valence-corrected chi connectivity index (χ3v) is 3.94. The van der Waals surface area contributed by atoms with Gasteiger partial charge in [-0.1, -0.05) is 5.21 Å². The highest BCUT2D eigenvalue weighted by molar-refractivity contribution is 5.90. The van der Waals surface area contributed by atoms with Crippen molar-refractivity contribution in [3.05, 3.63) is 35.8 Å². The summed E-state index contributed by atoms with van der Waals surface area (Å²) in [5.41, 5.74) is 1.39. The highest BCUT2D eigenvalue weighted by atomic mass is 19.1. The second-order valence-electron chi connectivity index (χ2n) is 5.63. The molecule has 122 valence electrons. The van der Waals surface area contributed by atoms with Gasteiger partial charge in [0, 0.05) is 13.0 Å². The van der Waals surface area contributed by atoms with E-state index in [2.05, 4.69) is 15.6 Å². The number of benzene rings is 1. The molecule has 1 aromatic heterocycles. The van der Waals surface area contributed by atoms with Crippen LogP contribution in [0.3, 0.4) is 0 Å². The fourth-order valence-corrected chi connectivity index (χ4v) is 2.63. The Morgan fingerprint density at radius 3 is 2.91 bits per heavy atom. The first kappa shape index (κ1) is 15.6. The van der Waals surface area contributed by atoms with Crippen molar-refractivity contribution in [3.63, 3.8) is 0 Å². The lowest BCUT2D eigenvalue weighted by Crippen LogP contribution is -2.16. The van der Waals surface area contributed by atoms with Crippen LogP contribution in [0.25, 0.3) is 5.69 Å². The van der Waals surface area contributed by atoms with Gasteiger partial charge in [0.2, 0.25) is 5.91 Å². The Bertz CT molecular complexity index is 678. The number of ether oxygens (including phenoxy) is 1. The molecule has 1 aliphatic rings. The molecular formula is C16H19FN4O2. The molecule has 1 N–H and O–H groups in total. The van der Waals surface area contributed by atoms with E-state index in [0.29, 0.717) is 23.6 Å². The van der Waals surface area contributed by atoms with E-state index in [0.717, 1.165) is 25.9 Å². The smallest absolute Gasteiger partial charge is 0.225 e. The molecule has 0 radical (unpaired) electrons. The monoisotopic (exact) mass is 318 g/mol. The summed E-state index contributed by atoms with van der Waals surface area (Å²) in [6, 6.07) is 5.94. The average Bonchev–Trinajstić information content (AvgIpc) is 3.18. The van der Waals surface area contributed by atoms with Gasteiger partial charge < -0.3 is 10.1 Å². The molecular weight excluding hydrogens is 299 g/mol. The van der Waals surface area contributed by atoms with E-state index < -0.39 is 0 Å². The lowest BCUT2D eigenvalue weighted by molar-refractivity contribution is -0.116. The third-order valence-electron chi connectivity index (χ3n) is 3.94. The SMILES string of the molecule is Cc1c(NC(=O)CCC2CCCO2)nnn1-c1ccc(F)cc1. The summed E-state index contributed by atoms with van der Waals surface area (Å²) < 4.78 is 20.1. The van der Waals surface area contributed by atoms with Gasteiger partial charge in [0.05, 0.1) is 17.5 Å². The number of carbonyl (C=O) groups is 1. The molecule has 2 heterocycles. The first-order chi connectivity index (χ1) is 11.1. The van der Waals surface area contributed by atoms with E-state index in [1.807, 2.05) is 0 Å². The number of amides is 1. The number of hydrogen-bond acceptors (Lipinski definition) is 4. The molecule has 1 saturated heterocycles. The lowest BCUT2D eigenvalue weighted by atomic mass is 10.1. The molecule has 2 aromatic rings. The first-order valence-electron chi connectivity index (χ1n) is 7.73. The zero-order valence-electron chi connectivity index (χ0n) is 13.0. The van der Waals surface area contributed by atoms with E-state index in [1.54, 1.807) is 23.7 Å². The van der Waals surface area contributed by atoms with Gasteiger partial charge in [-0.05, 0) is 50.5 Å². The molecule has 3 rings (SSSR count). The summed E-state index contributed by atoms with van der Waals surface area (Å²) in [7, 11) is 0. The number of rotatable bonds is 5. The minimum atomic E-state index is -0.311. The zero-order chi connectivity index (χ0) is 16.2. The molecule has 1 amide bonds. The Morgan fingerprint density at radius 2 is 2.22 bits per heavy atom. The van der Waals surface area contributed by atoms with Crippen LogP contribution < -0.4 is 5.32 Å². The van der Waals surface area contributed by atoms with Crippen LogP contribution in [0.5, 0.6) is 0 Å². The van der Waals surface area contributed by atoms with Crippen LogP contribution >= 0.6 is 0 Å². The number of anilines is 1. The molecule has 23 heavy (non-hydrogen) atoms. The van der Waals surface area contributed by atoms with Gasteiger partial charge in [-0.25, -0.2) is 9.07 Å². The topological polar surface area (TPSA) is 69.0 Å². The average molecular weight is 318 g/mol. The van der Waals surface area contributed by atoms with Crippen LogP contribution in [0.1, 0.15) is 31.4 Å². The van der Waals surface area contributed by atoms with Gasteiger partial charge in [0.25, 0.3) is 0 Å². The number of carbonyl (C=O) groups excluding carboxylic acids is 1.